The third-order valence-corrected chi connectivity index (χ3v) is 4.74. The molecule has 2 N–H and O–H groups in total. The normalized spacial score (nSPS) is 10.5. The minimum atomic E-state index is -0.467. The smallest absolute Gasteiger partial charge is 0.292 e. The summed E-state index contributed by atoms with van der Waals surface area (Å²) in [7, 11) is 0. The van der Waals surface area contributed by atoms with Gasteiger partial charge in [-0.15, -0.1) is 0 Å². The zero-order valence-corrected chi connectivity index (χ0v) is 16.5. The molecule has 0 saturated carbocycles. The number of carbonyl (C=O) groups is 1. The van der Waals surface area contributed by atoms with Crippen LogP contribution in [0, 0.1) is 6.92 Å². The lowest BCUT2D eigenvalue weighted by Crippen LogP contribution is -2.29. The quantitative estimate of drug-likeness (QED) is 0.601. The fourth-order valence-corrected chi connectivity index (χ4v) is 2.80. The van der Waals surface area contributed by atoms with E-state index in [-0.39, 0.29) is 10.9 Å². The second-order valence-corrected chi connectivity index (χ2v) is 6.73. The zero-order valence-electron chi connectivity index (χ0n) is 14.9. The average Bonchev–Trinajstić information content (AvgIpc) is 2.71. The molecule has 2 aromatic heterocycles. The second-order valence-electron chi connectivity index (χ2n) is 5.95. The average molecular weight is 418 g/mol. The highest BCUT2D eigenvalue weighted by molar-refractivity contribution is 6.33. The van der Waals surface area contributed by atoms with E-state index in [1.807, 2.05) is 6.92 Å². The summed E-state index contributed by atoms with van der Waals surface area (Å²) >= 11 is 12.3. The number of benzene rings is 1. The van der Waals surface area contributed by atoms with Gasteiger partial charge in [0.05, 0.1) is 23.1 Å². The third kappa shape index (κ3) is 4.49. The Morgan fingerprint density at radius 2 is 2.00 bits per heavy atom. The van der Waals surface area contributed by atoms with Crippen molar-refractivity contribution in [1.82, 2.24) is 20.1 Å². The molecule has 0 unspecified atom stereocenters. The molecular formula is C19H17Cl2N5O2. The maximum absolute atomic E-state index is 12.5. The van der Waals surface area contributed by atoms with Crippen molar-refractivity contribution < 1.29 is 4.79 Å². The number of nitrogens with zero attached hydrogens (tertiary/aromatic N) is 3. The highest BCUT2D eigenvalue weighted by Gasteiger charge is 2.11. The van der Waals surface area contributed by atoms with E-state index in [1.54, 1.807) is 36.5 Å². The summed E-state index contributed by atoms with van der Waals surface area (Å²) in [5, 5.41) is 10.4. The van der Waals surface area contributed by atoms with Crippen LogP contribution in [-0.4, -0.2) is 33.8 Å². The lowest BCUT2D eigenvalue weighted by Gasteiger charge is -2.11. The Kier molecular flexibility index (Phi) is 6.28. The molecule has 9 heteroatoms. The van der Waals surface area contributed by atoms with Gasteiger partial charge >= 0.3 is 0 Å². The number of carbonyl (C=O) groups excluding carboxylic acids is 1. The van der Waals surface area contributed by atoms with Crippen LogP contribution in [-0.2, 0) is 0 Å². The van der Waals surface area contributed by atoms with Gasteiger partial charge in [0.2, 0.25) is 0 Å². The molecule has 0 aliphatic carbocycles. The minimum absolute atomic E-state index is 0.00489. The van der Waals surface area contributed by atoms with Crippen LogP contribution in [0.1, 0.15) is 15.9 Å². The van der Waals surface area contributed by atoms with Gasteiger partial charge in [-0.25, -0.2) is 0 Å². The van der Waals surface area contributed by atoms with Crippen molar-refractivity contribution in [3.05, 3.63) is 80.4 Å². The van der Waals surface area contributed by atoms with Gasteiger partial charge in [-0.2, -0.15) is 9.78 Å². The highest BCUT2D eigenvalue weighted by Crippen LogP contribution is 2.20. The number of aromatic nitrogens is 3. The summed E-state index contributed by atoms with van der Waals surface area (Å²) in [4.78, 5) is 28.4. The molecule has 2 heterocycles. The first-order valence-electron chi connectivity index (χ1n) is 8.44. The Balaban J connectivity index is 1.64. The van der Waals surface area contributed by atoms with Gasteiger partial charge in [0, 0.05) is 30.5 Å². The molecule has 0 bridgehead atoms. The van der Waals surface area contributed by atoms with Crippen molar-refractivity contribution in [3.8, 4) is 5.69 Å². The van der Waals surface area contributed by atoms with E-state index in [0.717, 1.165) is 5.56 Å². The maximum Gasteiger partial charge on any atom is 0.292 e. The summed E-state index contributed by atoms with van der Waals surface area (Å²) in [6.07, 6.45) is 4.54. The van der Waals surface area contributed by atoms with E-state index in [1.165, 1.54) is 17.1 Å². The Morgan fingerprint density at radius 1 is 1.18 bits per heavy atom. The third-order valence-electron chi connectivity index (χ3n) is 3.97. The molecule has 144 valence electrons. The monoisotopic (exact) mass is 417 g/mol. The summed E-state index contributed by atoms with van der Waals surface area (Å²) in [6, 6.07) is 8.56. The zero-order chi connectivity index (χ0) is 20.1. The van der Waals surface area contributed by atoms with Crippen LogP contribution >= 0.6 is 23.2 Å². The lowest BCUT2D eigenvalue weighted by atomic mass is 10.2. The van der Waals surface area contributed by atoms with Gasteiger partial charge in [-0.3, -0.25) is 14.6 Å². The Bertz CT molecular complexity index is 1050. The van der Waals surface area contributed by atoms with Gasteiger partial charge < -0.3 is 10.6 Å². The van der Waals surface area contributed by atoms with Crippen molar-refractivity contribution >= 4 is 34.8 Å². The van der Waals surface area contributed by atoms with Gasteiger partial charge in [0.15, 0.2) is 0 Å². The first-order valence-corrected chi connectivity index (χ1v) is 9.19. The van der Waals surface area contributed by atoms with Crippen LogP contribution in [0.25, 0.3) is 5.69 Å². The van der Waals surface area contributed by atoms with E-state index in [9.17, 15) is 9.59 Å². The van der Waals surface area contributed by atoms with Crippen LogP contribution in [0.2, 0.25) is 10.0 Å². The number of anilines is 1. The number of pyridine rings is 1. The molecule has 3 aromatic rings. The predicted molar refractivity (Wildman–Crippen MR) is 110 cm³/mol. The summed E-state index contributed by atoms with van der Waals surface area (Å²) < 4.78 is 1.18. The number of amides is 1. The van der Waals surface area contributed by atoms with Crippen molar-refractivity contribution in [2.75, 3.05) is 18.4 Å². The predicted octanol–water partition coefficient (Wildman–Crippen LogP) is 3.08. The summed E-state index contributed by atoms with van der Waals surface area (Å²) in [5.41, 5.74) is 1.82. The minimum Gasteiger partial charge on any atom is -0.381 e. The second kappa shape index (κ2) is 8.86. The van der Waals surface area contributed by atoms with E-state index in [2.05, 4.69) is 20.7 Å². The van der Waals surface area contributed by atoms with Crippen LogP contribution in [0.4, 0.5) is 5.69 Å². The van der Waals surface area contributed by atoms with Gasteiger partial charge in [0.25, 0.3) is 11.5 Å². The fourth-order valence-electron chi connectivity index (χ4n) is 2.43. The van der Waals surface area contributed by atoms with Crippen molar-refractivity contribution in [1.29, 1.82) is 0 Å². The van der Waals surface area contributed by atoms with Gasteiger partial charge in [-0.1, -0.05) is 29.3 Å². The molecule has 0 atom stereocenters. The fraction of sp³-hybridized carbons (Fsp3) is 0.158. The van der Waals surface area contributed by atoms with E-state index >= 15 is 0 Å². The molecule has 0 radical (unpaired) electrons. The Morgan fingerprint density at radius 3 is 2.71 bits per heavy atom. The molecule has 1 amide bonds. The molecule has 0 aliphatic heterocycles. The van der Waals surface area contributed by atoms with E-state index < -0.39 is 5.56 Å². The number of halogens is 2. The van der Waals surface area contributed by atoms with E-state index in [4.69, 9.17) is 23.2 Å². The Labute approximate surface area is 171 Å². The molecule has 0 saturated heterocycles. The van der Waals surface area contributed by atoms with Crippen LogP contribution in [0.15, 0.2) is 53.7 Å². The molecule has 28 heavy (non-hydrogen) atoms. The lowest BCUT2D eigenvalue weighted by molar-refractivity contribution is 0.0955. The SMILES string of the molecule is Cc1ccc(-n2ncc(NCCNC(=O)c3cccnc3)c(Cl)c2=O)cc1Cl. The number of rotatable bonds is 6. The van der Waals surface area contributed by atoms with Crippen LogP contribution < -0.4 is 16.2 Å². The Hall–Kier alpha value is -2.90. The van der Waals surface area contributed by atoms with Crippen LogP contribution in [0.3, 0.4) is 0 Å². The molecule has 0 spiro atoms. The number of aryl methyl sites for hydroxylation is 1. The summed E-state index contributed by atoms with van der Waals surface area (Å²) in [5.74, 6) is -0.231. The number of hydrogen-bond acceptors (Lipinski definition) is 5. The number of hydrogen-bond donors (Lipinski definition) is 2. The topological polar surface area (TPSA) is 88.9 Å². The van der Waals surface area contributed by atoms with Crippen molar-refractivity contribution in [2.45, 2.75) is 6.92 Å². The molecule has 0 aliphatic rings. The summed E-state index contributed by atoms with van der Waals surface area (Å²) in [6.45, 7) is 2.57. The highest BCUT2D eigenvalue weighted by atomic mass is 35.5. The maximum atomic E-state index is 12.5. The van der Waals surface area contributed by atoms with Gasteiger partial charge in [-0.05, 0) is 36.8 Å². The first kappa shape index (κ1) is 19.9. The van der Waals surface area contributed by atoms with Gasteiger partial charge in [0.1, 0.15) is 5.02 Å². The first-order chi connectivity index (χ1) is 13.5. The largest absolute Gasteiger partial charge is 0.381 e. The molecule has 3 rings (SSSR count). The standard InChI is InChI=1S/C19H17Cl2N5O2/c1-12-4-5-14(9-15(12)20)26-19(28)17(21)16(11-25-26)23-7-8-24-18(27)13-3-2-6-22-10-13/h2-6,9-11,23H,7-8H2,1H3,(H,24,27). The van der Waals surface area contributed by atoms with Crippen molar-refractivity contribution in [3.63, 3.8) is 0 Å². The van der Waals surface area contributed by atoms with Crippen LogP contribution in [0.5, 0.6) is 0 Å². The number of nitrogens with one attached hydrogen (secondary N) is 2. The molecule has 7 nitrogen and oxygen atoms in total. The van der Waals surface area contributed by atoms with E-state index in [0.29, 0.717) is 35.1 Å². The van der Waals surface area contributed by atoms with Crippen molar-refractivity contribution in [2.24, 2.45) is 0 Å². The molecule has 1 aromatic carbocycles. The molecular weight excluding hydrogens is 401 g/mol. The molecule has 0 fully saturated rings.